The molecule has 3 rings (SSSR count). The third kappa shape index (κ3) is 4.07. The summed E-state index contributed by atoms with van der Waals surface area (Å²) in [5.41, 5.74) is 0.846. The third-order valence-corrected chi connectivity index (χ3v) is 5.28. The number of amides is 1. The standard InChI is InChI=1S/C17H23N5O2S/c1-12-4-3-9-21(10-12)15(23)11-25-17-20-19-16(22(17)18)13-5-7-14(24-2)8-6-13/h5-8,12H,3-4,9-11,18H2,1-2H3. The van der Waals surface area contributed by atoms with Gasteiger partial charge in [-0.3, -0.25) is 4.79 Å². The predicted molar refractivity (Wildman–Crippen MR) is 97.9 cm³/mol. The molecular formula is C17H23N5O2S. The Kier molecular flexibility index (Phi) is 5.47. The summed E-state index contributed by atoms with van der Waals surface area (Å²) < 4.78 is 6.58. The first-order chi connectivity index (χ1) is 12.1. The molecule has 1 fully saturated rings. The van der Waals surface area contributed by atoms with Crippen LogP contribution in [0, 0.1) is 5.92 Å². The molecule has 1 amide bonds. The molecule has 8 heteroatoms. The highest BCUT2D eigenvalue weighted by Gasteiger charge is 2.22. The van der Waals surface area contributed by atoms with Crippen molar-refractivity contribution in [1.82, 2.24) is 19.8 Å². The first-order valence-electron chi connectivity index (χ1n) is 8.34. The molecule has 1 aromatic heterocycles. The number of piperidine rings is 1. The number of thioether (sulfide) groups is 1. The fourth-order valence-electron chi connectivity index (χ4n) is 2.95. The lowest BCUT2D eigenvalue weighted by molar-refractivity contribution is -0.130. The number of ether oxygens (including phenoxy) is 1. The third-order valence-electron chi connectivity index (χ3n) is 4.35. The Bertz CT molecular complexity index is 731. The van der Waals surface area contributed by atoms with Crippen LogP contribution in [0.4, 0.5) is 0 Å². The molecule has 1 atom stereocenters. The van der Waals surface area contributed by atoms with Crippen LogP contribution in [-0.2, 0) is 4.79 Å². The van der Waals surface area contributed by atoms with Crippen molar-refractivity contribution < 1.29 is 9.53 Å². The van der Waals surface area contributed by atoms with E-state index in [2.05, 4.69) is 17.1 Å². The van der Waals surface area contributed by atoms with E-state index >= 15 is 0 Å². The summed E-state index contributed by atoms with van der Waals surface area (Å²) in [6.07, 6.45) is 2.27. The highest BCUT2D eigenvalue weighted by molar-refractivity contribution is 7.99. The van der Waals surface area contributed by atoms with E-state index in [1.807, 2.05) is 29.2 Å². The van der Waals surface area contributed by atoms with Gasteiger partial charge in [-0.25, -0.2) is 4.68 Å². The maximum atomic E-state index is 12.4. The van der Waals surface area contributed by atoms with Gasteiger partial charge in [0.05, 0.1) is 12.9 Å². The quantitative estimate of drug-likeness (QED) is 0.648. The first-order valence-corrected chi connectivity index (χ1v) is 9.32. The lowest BCUT2D eigenvalue weighted by Crippen LogP contribution is -2.40. The van der Waals surface area contributed by atoms with E-state index in [9.17, 15) is 4.79 Å². The molecule has 2 heterocycles. The van der Waals surface area contributed by atoms with E-state index < -0.39 is 0 Å². The van der Waals surface area contributed by atoms with Crippen molar-refractivity contribution >= 4 is 17.7 Å². The summed E-state index contributed by atoms with van der Waals surface area (Å²) in [4.78, 5) is 14.3. The van der Waals surface area contributed by atoms with Crippen LogP contribution >= 0.6 is 11.8 Å². The average molecular weight is 361 g/mol. The zero-order valence-corrected chi connectivity index (χ0v) is 15.3. The summed E-state index contributed by atoms with van der Waals surface area (Å²) >= 11 is 1.32. The molecular weight excluding hydrogens is 338 g/mol. The largest absolute Gasteiger partial charge is 0.497 e. The second-order valence-corrected chi connectivity index (χ2v) is 7.22. The molecule has 1 aliphatic rings. The molecule has 2 N–H and O–H groups in total. The molecule has 0 spiro atoms. The Morgan fingerprint density at radius 3 is 2.80 bits per heavy atom. The average Bonchev–Trinajstić information content (AvgIpc) is 3.00. The van der Waals surface area contributed by atoms with Crippen molar-refractivity contribution in [1.29, 1.82) is 0 Å². The molecule has 1 saturated heterocycles. The molecule has 0 saturated carbocycles. The van der Waals surface area contributed by atoms with Gasteiger partial charge in [0.1, 0.15) is 5.75 Å². The van der Waals surface area contributed by atoms with E-state index in [-0.39, 0.29) is 5.91 Å². The maximum absolute atomic E-state index is 12.4. The molecule has 134 valence electrons. The number of carbonyl (C=O) groups is 1. The number of carbonyl (C=O) groups excluding carboxylic acids is 1. The second kappa shape index (κ2) is 7.77. The second-order valence-electron chi connectivity index (χ2n) is 6.28. The van der Waals surface area contributed by atoms with Crippen LogP contribution in [0.1, 0.15) is 19.8 Å². The lowest BCUT2D eigenvalue weighted by Gasteiger charge is -2.30. The normalized spacial score (nSPS) is 17.5. The van der Waals surface area contributed by atoms with E-state index in [0.29, 0.717) is 22.7 Å². The number of nitrogens with zero attached hydrogens (tertiary/aromatic N) is 4. The number of likely N-dealkylation sites (tertiary alicyclic amines) is 1. The number of rotatable bonds is 5. The van der Waals surface area contributed by atoms with Crippen molar-refractivity contribution in [2.75, 3.05) is 31.8 Å². The number of aromatic nitrogens is 3. The van der Waals surface area contributed by atoms with Crippen molar-refractivity contribution in [3.8, 4) is 17.1 Å². The van der Waals surface area contributed by atoms with Gasteiger partial charge in [-0.15, -0.1) is 10.2 Å². The van der Waals surface area contributed by atoms with E-state index in [1.54, 1.807) is 7.11 Å². The molecule has 25 heavy (non-hydrogen) atoms. The summed E-state index contributed by atoms with van der Waals surface area (Å²) in [6.45, 7) is 3.87. The smallest absolute Gasteiger partial charge is 0.233 e. The van der Waals surface area contributed by atoms with Gasteiger partial charge in [-0.05, 0) is 43.0 Å². The molecule has 1 aromatic carbocycles. The minimum Gasteiger partial charge on any atom is -0.497 e. The number of benzene rings is 1. The Labute approximate surface area is 151 Å². The zero-order chi connectivity index (χ0) is 17.8. The maximum Gasteiger partial charge on any atom is 0.233 e. The number of nitrogens with two attached hydrogens (primary N) is 1. The van der Waals surface area contributed by atoms with Gasteiger partial charge in [0.15, 0.2) is 5.82 Å². The highest BCUT2D eigenvalue weighted by Crippen LogP contribution is 2.24. The number of nitrogen functional groups attached to an aromatic ring is 1. The van der Waals surface area contributed by atoms with Crippen molar-refractivity contribution in [3.05, 3.63) is 24.3 Å². The van der Waals surface area contributed by atoms with E-state index in [4.69, 9.17) is 10.6 Å². The van der Waals surface area contributed by atoms with Crippen LogP contribution in [-0.4, -0.2) is 51.6 Å². The molecule has 0 radical (unpaired) electrons. The van der Waals surface area contributed by atoms with Gasteiger partial charge < -0.3 is 15.5 Å². The highest BCUT2D eigenvalue weighted by atomic mass is 32.2. The number of methoxy groups -OCH3 is 1. The summed E-state index contributed by atoms with van der Waals surface area (Å²) in [5, 5.41) is 8.79. The van der Waals surface area contributed by atoms with Crippen LogP contribution in [0.5, 0.6) is 5.75 Å². The molecule has 7 nitrogen and oxygen atoms in total. The minimum atomic E-state index is 0.130. The van der Waals surface area contributed by atoms with E-state index in [0.717, 1.165) is 30.8 Å². The Morgan fingerprint density at radius 1 is 1.36 bits per heavy atom. The van der Waals surface area contributed by atoms with Gasteiger partial charge in [-0.2, -0.15) is 0 Å². The monoisotopic (exact) mass is 361 g/mol. The summed E-state index contributed by atoms with van der Waals surface area (Å²) in [7, 11) is 1.62. The van der Waals surface area contributed by atoms with Gasteiger partial charge in [0.25, 0.3) is 0 Å². The van der Waals surface area contributed by atoms with Crippen LogP contribution in [0.2, 0.25) is 0 Å². The van der Waals surface area contributed by atoms with Crippen molar-refractivity contribution in [3.63, 3.8) is 0 Å². The zero-order valence-electron chi connectivity index (χ0n) is 14.5. The molecule has 1 unspecified atom stereocenters. The van der Waals surface area contributed by atoms with Crippen LogP contribution in [0.15, 0.2) is 29.4 Å². The fraction of sp³-hybridized carbons (Fsp3) is 0.471. The van der Waals surface area contributed by atoms with Gasteiger partial charge >= 0.3 is 0 Å². The van der Waals surface area contributed by atoms with Crippen LogP contribution < -0.4 is 10.6 Å². The summed E-state index contributed by atoms with van der Waals surface area (Å²) in [6, 6.07) is 7.44. The Hall–Kier alpha value is -2.22. The van der Waals surface area contributed by atoms with E-state index in [1.165, 1.54) is 22.9 Å². The topological polar surface area (TPSA) is 86.3 Å². The molecule has 0 bridgehead atoms. The molecule has 2 aromatic rings. The number of hydrogen-bond donors (Lipinski definition) is 1. The van der Waals surface area contributed by atoms with Crippen molar-refractivity contribution in [2.45, 2.75) is 24.9 Å². The predicted octanol–water partition coefficient (Wildman–Crippen LogP) is 2.02. The first kappa shape index (κ1) is 17.6. The number of hydrogen-bond acceptors (Lipinski definition) is 6. The lowest BCUT2D eigenvalue weighted by atomic mass is 10.0. The summed E-state index contributed by atoms with van der Waals surface area (Å²) in [5.74, 6) is 8.46. The van der Waals surface area contributed by atoms with Gasteiger partial charge in [0.2, 0.25) is 11.1 Å². The van der Waals surface area contributed by atoms with Gasteiger partial charge in [-0.1, -0.05) is 18.7 Å². The molecule has 1 aliphatic heterocycles. The van der Waals surface area contributed by atoms with Gasteiger partial charge in [0, 0.05) is 18.7 Å². The minimum absolute atomic E-state index is 0.130. The van der Waals surface area contributed by atoms with Crippen molar-refractivity contribution in [2.24, 2.45) is 5.92 Å². The van der Waals surface area contributed by atoms with Crippen LogP contribution in [0.3, 0.4) is 0 Å². The SMILES string of the molecule is COc1ccc(-c2nnc(SCC(=O)N3CCCC(C)C3)n2N)cc1. The Balaban J connectivity index is 1.63. The molecule has 0 aliphatic carbocycles. The fourth-order valence-corrected chi connectivity index (χ4v) is 3.71. The van der Waals surface area contributed by atoms with Crippen LogP contribution in [0.25, 0.3) is 11.4 Å². The Morgan fingerprint density at radius 2 is 2.12 bits per heavy atom.